The molecule has 0 saturated heterocycles. The molecule has 6 heteroatoms. The largest absolute Gasteiger partial charge is 0.339 e. The molecule has 2 aromatic rings. The summed E-state index contributed by atoms with van der Waals surface area (Å²) in [5.74, 6) is 1.84. The van der Waals surface area contributed by atoms with Crippen LogP contribution in [0.2, 0.25) is 0 Å². The molecule has 2 heterocycles. The van der Waals surface area contributed by atoms with Gasteiger partial charge in [0, 0.05) is 18.7 Å². The number of aromatic nitrogens is 4. The van der Waals surface area contributed by atoms with Gasteiger partial charge in [0.05, 0.1) is 0 Å². The van der Waals surface area contributed by atoms with Crippen LogP contribution in [0.15, 0.2) is 16.8 Å². The molecule has 0 fully saturated rings. The number of rotatable bonds is 5. The number of likely N-dealkylation sites (N-methyl/N-ethyl adjacent to an activating group) is 1. The zero-order valence-electron chi connectivity index (χ0n) is 10.8. The molecule has 96 valence electrons. The third-order valence-electron chi connectivity index (χ3n) is 2.80. The Morgan fingerprint density at radius 2 is 2.22 bits per heavy atom. The van der Waals surface area contributed by atoms with Gasteiger partial charge in [-0.15, -0.1) is 0 Å². The fourth-order valence-corrected chi connectivity index (χ4v) is 1.68. The third-order valence-corrected chi connectivity index (χ3v) is 2.80. The van der Waals surface area contributed by atoms with Crippen LogP contribution in [0.25, 0.3) is 11.5 Å². The predicted molar refractivity (Wildman–Crippen MR) is 66.9 cm³/mol. The minimum Gasteiger partial charge on any atom is -0.339 e. The summed E-state index contributed by atoms with van der Waals surface area (Å²) in [6, 6.07) is 2.13. The van der Waals surface area contributed by atoms with Crippen molar-refractivity contribution in [2.24, 2.45) is 0 Å². The maximum Gasteiger partial charge on any atom is 0.228 e. The third kappa shape index (κ3) is 2.89. The van der Waals surface area contributed by atoms with Crippen molar-refractivity contribution >= 4 is 0 Å². The second kappa shape index (κ2) is 5.68. The Kier molecular flexibility index (Phi) is 3.99. The van der Waals surface area contributed by atoms with E-state index in [9.17, 15) is 0 Å². The van der Waals surface area contributed by atoms with Gasteiger partial charge in [-0.05, 0) is 26.5 Å². The van der Waals surface area contributed by atoms with Crippen molar-refractivity contribution in [1.82, 2.24) is 25.4 Å². The van der Waals surface area contributed by atoms with Gasteiger partial charge < -0.3 is 9.84 Å². The minimum absolute atomic E-state index is 0.352. The van der Waals surface area contributed by atoms with Gasteiger partial charge in [-0.25, -0.2) is 9.97 Å². The molecule has 6 nitrogen and oxygen atoms in total. The van der Waals surface area contributed by atoms with E-state index in [1.54, 1.807) is 12.3 Å². The Morgan fingerprint density at radius 3 is 2.89 bits per heavy atom. The number of aryl methyl sites for hydroxylation is 1. The van der Waals surface area contributed by atoms with Crippen molar-refractivity contribution in [3.8, 4) is 11.5 Å². The lowest BCUT2D eigenvalue weighted by Gasteiger charge is -2.09. The van der Waals surface area contributed by atoms with Crippen LogP contribution < -0.4 is 5.32 Å². The van der Waals surface area contributed by atoms with Crippen LogP contribution in [-0.2, 0) is 6.42 Å². The lowest BCUT2D eigenvalue weighted by molar-refractivity contribution is 0.359. The molecule has 2 aromatic heterocycles. The fourth-order valence-electron chi connectivity index (χ4n) is 1.68. The summed E-state index contributed by atoms with van der Waals surface area (Å²) in [5.41, 5.74) is 0.690. The smallest absolute Gasteiger partial charge is 0.228 e. The Bertz CT molecular complexity index is 507. The standard InChI is InChI=1S/C12H17N5O/c1-4-9(13-3)7-11-16-12(17-18-11)10-5-6-14-8(2)15-10/h5-6,9,13H,4,7H2,1-3H3. The van der Waals surface area contributed by atoms with Crippen LogP contribution in [0, 0.1) is 6.92 Å². The van der Waals surface area contributed by atoms with Crippen LogP contribution in [0.3, 0.4) is 0 Å². The SMILES string of the molecule is CCC(Cc1nc(-c2ccnc(C)n2)no1)NC. The fraction of sp³-hybridized carbons (Fsp3) is 0.500. The van der Waals surface area contributed by atoms with Gasteiger partial charge in [-0.1, -0.05) is 12.1 Å². The van der Waals surface area contributed by atoms with Gasteiger partial charge in [0.1, 0.15) is 11.5 Å². The van der Waals surface area contributed by atoms with Crippen molar-refractivity contribution in [3.63, 3.8) is 0 Å². The monoisotopic (exact) mass is 247 g/mol. The maximum absolute atomic E-state index is 5.23. The molecule has 0 saturated carbocycles. The van der Waals surface area contributed by atoms with Crippen LogP contribution >= 0.6 is 0 Å². The minimum atomic E-state index is 0.352. The molecule has 1 atom stereocenters. The molecule has 2 rings (SSSR count). The molecule has 0 bridgehead atoms. The number of nitrogens with one attached hydrogen (secondary N) is 1. The van der Waals surface area contributed by atoms with E-state index in [1.165, 1.54) is 0 Å². The van der Waals surface area contributed by atoms with E-state index in [-0.39, 0.29) is 0 Å². The molecule has 0 amide bonds. The van der Waals surface area contributed by atoms with Gasteiger partial charge in [0.15, 0.2) is 0 Å². The van der Waals surface area contributed by atoms with Crippen molar-refractivity contribution in [2.75, 3.05) is 7.05 Å². The highest BCUT2D eigenvalue weighted by Gasteiger charge is 2.13. The number of hydrogen-bond donors (Lipinski definition) is 1. The normalized spacial score (nSPS) is 12.6. The number of hydrogen-bond acceptors (Lipinski definition) is 6. The van der Waals surface area contributed by atoms with Gasteiger partial charge in [0.25, 0.3) is 0 Å². The first-order valence-electron chi connectivity index (χ1n) is 6.02. The zero-order chi connectivity index (χ0) is 13.0. The second-order valence-electron chi connectivity index (χ2n) is 4.10. The highest BCUT2D eigenvalue weighted by Crippen LogP contribution is 2.13. The summed E-state index contributed by atoms with van der Waals surface area (Å²) in [7, 11) is 1.93. The molecular weight excluding hydrogens is 230 g/mol. The second-order valence-corrected chi connectivity index (χ2v) is 4.10. The molecule has 0 radical (unpaired) electrons. The van der Waals surface area contributed by atoms with Crippen LogP contribution in [-0.4, -0.2) is 33.2 Å². The molecule has 1 N–H and O–H groups in total. The molecule has 0 aromatic carbocycles. The summed E-state index contributed by atoms with van der Waals surface area (Å²) in [6.45, 7) is 3.95. The van der Waals surface area contributed by atoms with E-state index in [0.29, 0.717) is 29.3 Å². The topological polar surface area (TPSA) is 76.7 Å². The molecule has 0 aliphatic rings. The van der Waals surface area contributed by atoms with Crippen molar-refractivity contribution in [2.45, 2.75) is 32.7 Å². The summed E-state index contributed by atoms with van der Waals surface area (Å²) in [4.78, 5) is 12.7. The lowest BCUT2D eigenvalue weighted by atomic mass is 10.1. The molecule has 18 heavy (non-hydrogen) atoms. The first kappa shape index (κ1) is 12.6. The zero-order valence-corrected chi connectivity index (χ0v) is 10.8. The van der Waals surface area contributed by atoms with Gasteiger partial charge in [-0.2, -0.15) is 4.98 Å². The quantitative estimate of drug-likeness (QED) is 0.860. The van der Waals surface area contributed by atoms with Crippen LogP contribution in [0.4, 0.5) is 0 Å². The summed E-state index contributed by atoms with van der Waals surface area (Å²) >= 11 is 0. The average Bonchev–Trinajstić information content (AvgIpc) is 2.84. The number of nitrogens with zero attached hydrogens (tertiary/aromatic N) is 4. The van der Waals surface area contributed by atoms with E-state index in [4.69, 9.17) is 4.52 Å². The predicted octanol–water partition coefficient (Wildman–Crippen LogP) is 1.38. The summed E-state index contributed by atoms with van der Waals surface area (Å²) < 4.78 is 5.23. The molecular formula is C12H17N5O. The van der Waals surface area contributed by atoms with Gasteiger partial charge in [0.2, 0.25) is 11.7 Å². The van der Waals surface area contributed by atoms with Crippen LogP contribution in [0.5, 0.6) is 0 Å². The average molecular weight is 247 g/mol. The van der Waals surface area contributed by atoms with Crippen molar-refractivity contribution in [3.05, 3.63) is 24.0 Å². The van der Waals surface area contributed by atoms with E-state index in [0.717, 1.165) is 12.8 Å². The molecule has 0 aliphatic heterocycles. The highest BCUT2D eigenvalue weighted by molar-refractivity contribution is 5.46. The molecule has 0 aliphatic carbocycles. The summed E-state index contributed by atoms with van der Waals surface area (Å²) in [5, 5.41) is 7.15. The first-order chi connectivity index (χ1) is 8.72. The highest BCUT2D eigenvalue weighted by atomic mass is 16.5. The maximum atomic E-state index is 5.23. The van der Waals surface area contributed by atoms with E-state index < -0.39 is 0 Å². The first-order valence-corrected chi connectivity index (χ1v) is 6.02. The Balaban J connectivity index is 2.15. The van der Waals surface area contributed by atoms with Gasteiger partial charge >= 0.3 is 0 Å². The Morgan fingerprint density at radius 1 is 1.39 bits per heavy atom. The van der Waals surface area contributed by atoms with Crippen LogP contribution in [0.1, 0.15) is 25.1 Å². The Labute approximate surface area is 106 Å². The van der Waals surface area contributed by atoms with Crippen molar-refractivity contribution < 1.29 is 4.52 Å². The Hall–Kier alpha value is -1.82. The van der Waals surface area contributed by atoms with E-state index in [2.05, 4.69) is 32.3 Å². The van der Waals surface area contributed by atoms with E-state index in [1.807, 2.05) is 14.0 Å². The molecule has 1 unspecified atom stereocenters. The van der Waals surface area contributed by atoms with Gasteiger partial charge in [-0.3, -0.25) is 0 Å². The molecule has 0 spiro atoms. The van der Waals surface area contributed by atoms with Crippen molar-refractivity contribution in [1.29, 1.82) is 0 Å². The van der Waals surface area contributed by atoms with E-state index >= 15 is 0 Å². The summed E-state index contributed by atoms with van der Waals surface area (Å²) in [6.07, 6.45) is 3.43. The lowest BCUT2D eigenvalue weighted by Crippen LogP contribution is -2.26.